The van der Waals surface area contributed by atoms with Crippen molar-refractivity contribution in [1.29, 1.82) is 0 Å². The number of anilines is 1. The molecule has 1 aromatic heterocycles. The van der Waals surface area contributed by atoms with Crippen LogP contribution < -0.4 is 9.64 Å². The molecule has 0 fully saturated rings. The maximum atomic E-state index is 12.1. The average molecular weight is 295 g/mol. The Balaban J connectivity index is 2.39. The van der Waals surface area contributed by atoms with E-state index in [2.05, 4.69) is 4.98 Å². The number of carbonyl (C=O) groups is 2. The number of amides is 1. The van der Waals surface area contributed by atoms with Gasteiger partial charge in [-0.1, -0.05) is 0 Å². The summed E-state index contributed by atoms with van der Waals surface area (Å²) in [7, 11) is 0. The predicted octanol–water partition coefficient (Wildman–Crippen LogP) is 0.667. The van der Waals surface area contributed by atoms with Crippen LogP contribution >= 0.6 is 0 Å². The van der Waals surface area contributed by atoms with Crippen LogP contribution in [0.25, 0.3) is 0 Å². The van der Waals surface area contributed by atoms with Crippen LogP contribution in [-0.4, -0.2) is 41.0 Å². The number of rotatable bonds is 4. The summed E-state index contributed by atoms with van der Waals surface area (Å²) in [6.45, 7) is 2.95. The maximum absolute atomic E-state index is 12.1. The first-order valence-corrected chi connectivity index (χ1v) is 6.23. The molecule has 1 unspecified atom stereocenters. The largest absolute Gasteiger partial charge is 0.475 e. The van der Waals surface area contributed by atoms with Crippen LogP contribution in [0, 0.1) is 10.1 Å². The molecule has 1 atom stereocenters. The lowest BCUT2D eigenvalue weighted by Crippen LogP contribution is -2.47. The van der Waals surface area contributed by atoms with Gasteiger partial charge >= 0.3 is 11.8 Å². The lowest BCUT2D eigenvalue weighted by Gasteiger charge is -2.28. The molecular formula is C12H13N3O6. The number of esters is 1. The number of hydrogen-bond acceptors (Lipinski definition) is 7. The number of ether oxygens (including phenoxy) is 2. The molecule has 1 amide bonds. The summed E-state index contributed by atoms with van der Waals surface area (Å²) >= 11 is 0. The molecule has 0 saturated carbocycles. The van der Waals surface area contributed by atoms with E-state index < -0.39 is 28.7 Å². The molecule has 1 aromatic rings. The Bertz CT molecular complexity index is 603. The lowest BCUT2D eigenvalue weighted by molar-refractivity contribution is -0.389. The number of pyridine rings is 1. The van der Waals surface area contributed by atoms with Crippen molar-refractivity contribution in [3.05, 3.63) is 22.2 Å². The van der Waals surface area contributed by atoms with Crippen molar-refractivity contribution < 1.29 is 24.0 Å². The highest BCUT2D eigenvalue weighted by Crippen LogP contribution is 2.33. The second-order valence-electron chi connectivity index (χ2n) is 4.24. The number of nitro groups is 1. The first-order valence-electron chi connectivity index (χ1n) is 6.23. The monoisotopic (exact) mass is 295 g/mol. The summed E-state index contributed by atoms with van der Waals surface area (Å²) in [6.07, 6.45) is -0.810. The van der Waals surface area contributed by atoms with E-state index in [1.54, 1.807) is 6.92 Å². The molecule has 0 radical (unpaired) electrons. The van der Waals surface area contributed by atoms with Crippen molar-refractivity contribution in [2.45, 2.75) is 20.0 Å². The Labute approximate surface area is 119 Å². The van der Waals surface area contributed by atoms with Gasteiger partial charge in [-0.2, -0.15) is 0 Å². The van der Waals surface area contributed by atoms with E-state index in [0.29, 0.717) is 0 Å². The van der Waals surface area contributed by atoms with Crippen LogP contribution in [0.3, 0.4) is 0 Å². The van der Waals surface area contributed by atoms with Gasteiger partial charge in [0.05, 0.1) is 6.61 Å². The smallest absolute Gasteiger partial charge is 0.366 e. The van der Waals surface area contributed by atoms with E-state index in [0.717, 1.165) is 4.90 Å². The second kappa shape index (κ2) is 5.73. The fraction of sp³-hybridized carbons (Fsp3) is 0.417. The summed E-state index contributed by atoms with van der Waals surface area (Å²) in [5, 5.41) is 10.8. The van der Waals surface area contributed by atoms with Gasteiger partial charge in [-0.3, -0.25) is 14.5 Å². The molecule has 2 rings (SSSR count). The van der Waals surface area contributed by atoms with Crippen LogP contribution in [0.15, 0.2) is 12.1 Å². The van der Waals surface area contributed by atoms with E-state index in [4.69, 9.17) is 9.47 Å². The third-order valence-corrected chi connectivity index (χ3v) is 2.78. The molecule has 9 heteroatoms. The Morgan fingerprint density at radius 2 is 2.29 bits per heavy atom. The van der Waals surface area contributed by atoms with Crippen LogP contribution in [-0.2, 0) is 14.3 Å². The third-order valence-electron chi connectivity index (χ3n) is 2.78. The summed E-state index contributed by atoms with van der Waals surface area (Å²) in [5.41, 5.74) is 0. The highest BCUT2D eigenvalue weighted by molar-refractivity contribution is 6.02. The fourth-order valence-corrected chi connectivity index (χ4v) is 1.87. The second-order valence-corrected chi connectivity index (χ2v) is 4.24. The molecule has 1 aliphatic heterocycles. The molecule has 112 valence electrons. The molecule has 0 aliphatic carbocycles. The first-order chi connectivity index (χ1) is 9.93. The Hall–Kier alpha value is -2.71. The van der Waals surface area contributed by atoms with Gasteiger partial charge in [0.1, 0.15) is 6.54 Å². The van der Waals surface area contributed by atoms with E-state index in [1.807, 2.05) is 0 Å². The Morgan fingerprint density at radius 1 is 1.57 bits per heavy atom. The zero-order chi connectivity index (χ0) is 15.6. The van der Waals surface area contributed by atoms with Crippen LogP contribution in [0.4, 0.5) is 11.6 Å². The normalized spacial score (nSPS) is 17.0. The Morgan fingerprint density at radius 3 is 2.90 bits per heavy atom. The van der Waals surface area contributed by atoms with Gasteiger partial charge in [-0.15, -0.1) is 0 Å². The number of hydrogen-bond donors (Lipinski definition) is 0. The molecule has 2 heterocycles. The van der Waals surface area contributed by atoms with Gasteiger partial charge in [0, 0.05) is 6.07 Å². The summed E-state index contributed by atoms with van der Waals surface area (Å²) in [5.74, 6) is -1.42. The van der Waals surface area contributed by atoms with Gasteiger partial charge in [0.25, 0.3) is 11.7 Å². The zero-order valence-electron chi connectivity index (χ0n) is 11.4. The highest BCUT2D eigenvalue weighted by atomic mass is 16.6. The van der Waals surface area contributed by atoms with Crippen LogP contribution in [0.5, 0.6) is 5.75 Å². The van der Waals surface area contributed by atoms with Crippen LogP contribution in [0.1, 0.15) is 13.8 Å². The minimum atomic E-state index is -0.810. The van der Waals surface area contributed by atoms with Crippen molar-refractivity contribution in [3.63, 3.8) is 0 Å². The standard InChI is InChI=1S/C12H13N3O6/c1-3-20-10(16)6-14-11-8(21-7(2)12(14)17)4-5-9(13-11)15(18)19/h4-5,7H,3,6H2,1-2H3. The molecule has 0 spiro atoms. The summed E-state index contributed by atoms with van der Waals surface area (Å²) < 4.78 is 10.1. The molecule has 0 bridgehead atoms. The highest BCUT2D eigenvalue weighted by Gasteiger charge is 2.38. The van der Waals surface area contributed by atoms with Crippen LogP contribution in [0.2, 0.25) is 0 Å². The van der Waals surface area contributed by atoms with E-state index >= 15 is 0 Å². The fourth-order valence-electron chi connectivity index (χ4n) is 1.87. The predicted molar refractivity (Wildman–Crippen MR) is 70.0 cm³/mol. The molecule has 9 nitrogen and oxygen atoms in total. The quantitative estimate of drug-likeness (QED) is 0.455. The van der Waals surface area contributed by atoms with Gasteiger partial charge in [0.2, 0.25) is 0 Å². The number of carbonyl (C=O) groups excluding carboxylic acids is 2. The minimum Gasteiger partial charge on any atom is -0.475 e. The SMILES string of the molecule is CCOC(=O)CN1C(=O)C(C)Oc2ccc([N+](=O)[O-])nc21. The van der Waals surface area contributed by atoms with Crippen molar-refractivity contribution in [2.24, 2.45) is 0 Å². The zero-order valence-corrected chi connectivity index (χ0v) is 11.4. The van der Waals surface area contributed by atoms with E-state index in [9.17, 15) is 19.7 Å². The topological polar surface area (TPSA) is 112 Å². The molecule has 0 saturated heterocycles. The van der Waals surface area contributed by atoms with Gasteiger partial charge < -0.3 is 19.6 Å². The third kappa shape index (κ3) is 2.91. The van der Waals surface area contributed by atoms with E-state index in [1.165, 1.54) is 19.1 Å². The van der Waals surface area contributed by atoms with Crippen molar-refractivity contribution in [2.75, 3.05) is 18.1 Å². The summed E-state index contributed by atoms with van der Waals surface area (Å²) in [4.78, 5) is 38.5. The van der Waals surface area contributed by atoms with Gasteiger partial charge in [-0.25, -0.2) is 0 Å². The molecule has 0 aromatic carbocycles. The Kier molecular flexibility index (Phi) is 4.01. The molecular weight excluding hydrogens is 282 g/mol. The minimum absolute atomic E-state index is 0.0552. The van der Waals surface area contributed by atoms with Crippen molar-refractivity contribution in [3.8, 4) is 5.75 Å². The number of fused-ring (bicyclic) bond motifs is 1. The summed E-state index contributed by atoms with van der Waals surface area (Å²) in [6, 6.07) is 2.52. The van der Waals surface area contributed by atoms with Crippen molar-refractivity contribution >= 4 is 23.5 Å². The molecule has 1 aliphatic rings. The maximum Gasteiger partial charge on any atom is 0.366 e. The molecule has 0 N–H and O–H groups in total. The lowest BCUT2D eigenvalue weighted by atomic mass is 10.2. The van der Waals surface area contributed by atoms with E-state index in [-0.39, 0.29) is 24.7 Å². The number of aromatic nitrogens is 1. The van der Waals surface area contributed by atoms with Gasteiger partial charge in [-0.05, 0) is 29.8 Å². The molecule has 21 heavy (non-hydrogen) atoms. The van der Waals surface area contributed by atoms with Gasteiger partial charge in [0.15, 0.2) is 11.9 Å². The first kappa shape index (κ1) is 14.7. The average Bonchev–Trinajstić information content (AvgIpc) is 2.43. The van der Waals surface area contributed by atoms with Crippen molar-refractivity contribution in [1.82, 2.24) is 4.98 Å². The number of nitrogens with zero attached hydrogens (tertiary/aromatic N) is 3.